The highest BCUT2D eigenvalue weighted by atomic mass is 16.1. The van der Waals surface area contributed by atoms with Crippen molar-refractivity contribution in [1.29, 1.82) is 5.26 Å². The number of fused-ring (bicyclic) bond motifs is 1. The molecule has 1 aliphatic rings. The van der Waals surface area contributed by atoms with Gasteiger partial charge in [0.15, 0.2) is 0 Å². The molecule has 0 bridgehead atoms. The third-order valence-corrected chi connectivity index (χ3v) is 3.46. The van der Waals surface area contributed by atoms with E-state index in [0.29, 0.717) is 5.56 Å². The second-order valence-electron chi connectivity index (χ2n) is 4.66. The van der Waals surface area contributed by atoms with Gasteiger partial charge in [-0.25, -0.2) is 0 Å². The number of aryl methyl sites for hydroxylation is 1. The number of unbranched alkanes of at least 4 members (excludes halogenated alkanes) is 1. The van der Waals surface area contributed by atoms with Crippen LogP contribution in [0.25, 0.3) is 0 Å². The van der Waals surface area contributed by atoms with Gasteiger partial charge in [-0.15, -0.1) is 0 Å². The molecule has 1 aliphatic carbocycles. The smallest absolute Gasteiger partial charge is 0.268 e. The SMILES string of the molecule is CCCCn1c2c(cc(C#N)c1=O)CCCC2. The summed E-state index contributed by atoms with van der Waals surface area (Å²) in [5.41, 5.74) is 2.60. The minimum absolute atomic E-state index is 0.0957. The summed E-state index contributed by atoms with van der Waals surface area (Å²) in [7, 11) is 0. The first-order valence-electron chi connectivity index (χ1n) is 6.43. The summed E-state index contributed by atoms with van der Waals surface area (Å²) < 4.78 is 1.84. The van der Waals surface area contributed by atoms with Crippen LogP contribution in [0.4, 0.5) is 0 Å². The highest BCUT2D eigenvalue weighted by molar-refractivity contribution is 5.35. The van der Waals surface area contributed by atoms with Crippen molar-refractivity contribution in [2.24, 2.45) is 0 Å². The molecule has 1 heterocycles. The van der Waals surface area contributed by atoms with Crippen LogP contribution in [0, 0.1) is 11.3 Å². The van der Waals surface area contributed by atoms with Crippen molar-refractivity contribution >= 4 is 0 Å². The predicted octanol–water partition coefficient (Wildman–Crippen LogP) is 2.40. The summed E-state index contributed by atoms with van der Waals surface area (Å²) in [6, 6.07) is 3.83. The first-order valence-corrected chi connectivity index (χ1v) is 6.43. The Kier molecular flexibility index (Phi) is 3.63. The number of aromatic nitrogens is 1. The van der Waals surface area contributed by atoms with Crippen LogP contribution in [0.1, 0.15) is 49.4 Å². The van der Waals surface area contributed by atoms with Crippen LogP contribution in [0.3, 0.4) is 0 Å². The largest absolute Gasteiger partial charge is 0.311 e. The fraction of sp³-hybridized carbons (Fsp3) is 0.571. The molecule has 0 amide bonds. The van der Waals surface area contributed by atoms with E-state index in [1.54, 1.807) is 6.07 Å². The van der Waals surface area contributed by atoms with Gasteiger partial charge in [-0.1, -0.05) is 13.3 Å². The van der Waals surface area contributed by atoms with E-state index in [1.807, 2.05) is 10.6 Å². The van der Waals surface area contributed by atoms with Crippen molar-refractivity contribution in [2.45, 2.75) is 52.0 Å². The van der Waals surface area contributed by atoms with Gasteiger partial charge in [0.2, 0.25) is 0 Å². The number of hydrogen-bond donors (Lipinski definition) is 0. The van der Waals surface area contributed by atoms with Gasteiger partial charge in [-0.3, -0.25) is 4.79 Å². The van der Waals surface area contributed by atoms with Crippen LogP contribution in [-0.4, -0.2) is 4.57 Å². The van der Waals surface area contributed by atoms with E-state index in [-0.39, 0.29) is 5.56 Å². The molecule has 1 aromatic rings. The Balaban J connectivity index is 2.53. The monoisotopic (exact) mass is 230 g/mol. The zero-order valence-corrected chi connectivity index (χ0v) is 10.3. The maximum atomic E-state index is 12.1. The number of nitrogens with zero attached hydrogens (tertiary/aromatic N) is 2. The standard InChI is InChI=1S/C14H18N2O/c1-2-3-8-16-13-7-5-4-6-11(13)9-12(10-15)14(16)17/h9H,2-8H2,1H3. The van der Waals surface area contributed by atoms with Crippen LogP contribution in [0.5, 0.6) is 0 Å². The van der Waals surface area contributed by atoms with Crippen molar-refractivity contribution in [3.63, 3.8) is 0 Å². The lowest BCUT2D eigenvalue weighted by Crippen LogP contribution is -2.28. The first kappa shape index (κ1) is 11.9. The van der Waals surface area contributed by atoms with Crippen LogP contribution >= 0.6 is 0 Å². The third-order valence-electron chi connectivity index (χ3n) is 3.46. The molecule has 0 aromatic carbocycles. The molecule has 0 unspecified atom stereocenters. The van der Waals surface area contributed by atoms with Gasteiger partial charge < -0.3 is 4.57 Å². The molecule has 1 aromatic heterocycles. The Hall–Kier alpha value is -1.56. The van der Waals surface area contributed by atoms with Gasteiger partial charge >= 0.3 is 0 Å². The van der Waals surface area contributed by atoms with Crippen molar-refractivity contribution in [3.8, 4) is 6.07 Å². The highest BCUT2D eigenvalue weighted by Gasteiger charge is 2.17. The fourth-order valence-electron chi connectivity index (χ4n) is 2.51. The lowest BCUT2D eigenvalue weighted by Gasteiger charge is -2.21. The Bertz CT molecular complexity index is 508. The van der Waals surface area contributed by atoms with E-state index in [9.17, 15) is 4.79 Å². The molecule has 3 heteroatoms. The Labute approximate surface area is 102 Å². The summed E-state index contributed by atoms with van der Waals surface area (Å²) in [6.45, 7) is 2.87. The highest BCUT2D eigenvalue weighted by Crippen LogP contribution is 2.20. The van der Waals surface area contributed by atoms with Crippen molar-refractivity contribution in [1.82, 2.24) is 4.57 Å². The van der Waals surface area contributed by atoms with Crippen LogP contribution in [-0.2, 0) is 19.4 Å². The average molecular weight is 230 g/mol. The van der Waals surface area contributed by atoms with E-state index in [0.717, 1.165) is 38.6 Å². The summed E-state index contributed by atoms with van der Waals surface area (Å²) in [6.07, 6.45) is 6.39. The minimum atomic E-state index is -0.0957. The topological polar surface area (TPSA) is 45.8 Å². The molecular weight excluding hydrogens is 212 g/mol. The normalized spacial score (nSPS) is 14.1. The van der Waals surface area contributed by atoms with Crippen molar-refractivity contribution < 1.29 is 0 Å². The summed E-state index contributed by atoms with van der Waals surface area (Å²) in [5.74, 6) is 0. The summed E-state index contributed by atoms with van der Waals surface area (Å²) >= 11 is 0. The number of rotatable bonds is 3. The van der Waals surface area contributed by atoms with Gasteiger partial charge in [-0.05, 0) is 43.7 Å². The summed E-state index contributed by atoms with van der Waals surface area (Å²) in [5, 5.41) is 9.01. The zero-order valence-electron chi connectivity index (χ0n) is 10.3. The Morgan fingerprint density at radius 3 is 2.88 bits per heavy atom. The first-order chi connectivity index (χ1) is 8.27. The van der Waals surface area contributed by atoms with E-state index >= 15 is 0 Å². The lowest BCUT2D eigenvalue weighted by atomic mass is 9.94. The van der Waals surface area contributed by atoms with Gasteiger partial charge in [0, 0.05) is 12.2 Å². The molecule has 0 fully saturated rings. The maximum absolute atomic E-state index is 12.1. The average Bonchev–Trinajstić information content (AvgIpc) is 2.37. The van der Waals surface area contributed by atoms with E-state index in [1.165, 1.54) is 17.7 Å². The molecular formula is C14H18N2O. The van der Waals surface area contributed by atoms with Crippen molar-refractivity contribution in [3.05, 3.63) is 33.2 Å². The second kappa shape index (κ2) is 5.18. The molecule has 0 N–H and O–H groups in total. The Morgan fingerprint density at radius 2 is 2.18 bits per heavy atom. The molecule has 0 radical (unpaired) electrons. The molecule has 0 spiro atoms. The molecule has 0 saturated heterocycles. The van der Waals surface area contributed by atoms with Crippen molar-refractivity contribution in [2.75, 3.05) is 0 Å². The number of pyridine rings is 1. The molecule has 90 valence electrons. The van der Waals surface area contributed by atoms with Gasteiger partial charge in [0.25, 0.3) is 5.56 Å². The molecule has 3 nitrogen and oxygen atoms in total. The van der Waals surface area contributed by atoms with Gasteiger partial charge in [0.1, 0.15) is 11.6 Å². The minimum Gasteiger partial charge on any atom is -0.311 e. The van der Waals surface area contributed by atoms with Crippen LogP contribution in [0.15, 0.2) is 10.9 Å². The van der Waals surface area contributed by atoms with E-state index in [4.69, 9.17) is 5.26 Å². The molecule has 17 heavy (non-hydrogen) atoms. The zero-order chi connectivity index (χ0) is 12.3. The lowest BCUT2D eigenvalue weighted by molar-refractivity contribution is 0.547. The van der Waals surface area contributed by atoms with Gasteiger partial charge in [0.05, 0.1) is 0 Å². The molecule has 0 atom stereocenters. The maximum Gasteiger partial charge on any atom is 0.268 e. The quantitative estimate of drug-likeness (QED) is 0.800. The van der Waals surface area contributed by atoms with Crippen LogP contribution < -0.4 is 5.56 Å². The molecule has 2 rings (SSSR count). The summed E-state index contributed by atoms with van der Waals surface area (Å²) in [4.78, 5) is 12.1. The second-order valence-corrected chi connectivity index (χ2v) is 4.66. The number of hydrogen-bond acceptors (Lipinski definition) is 2. The molecule has 0 aliphatic heterocycles. The predicted molar refractivity (Wildman–Crippen MR) is 67.0 cm³/mol. The van der Waals surface area contributed by atoms with E-state index < -0.39 is 0 Å². The Morgan fingerprint density at radius 1 is 1.41 bits per heavy atom. The van der Waals surface area contributed by atoms with E-state index in [2.05, 4.69) is 6.92 Å². The van der Waals surface area contributed by atoms with Crippen LogP contribution in [0.2, 0.25) is 0 Å². The number of nitriles is 1. The van der Waals surface area contributed by atoms with Gasteiger partial charge in [-0.2, -0.15) is 5.26 Å². The third kappa shape index (κ3) is 2.26. The fourth-order valence-corrected chi connectivity index (χ4v) is 2.51. The molecule has 0 saturated carbocycles.